The molecule has 2 N–H and O–H groups in total. The molecule has 1 saturated carbocycles. The molecule has 0 saturated heterocycles. The summed E-state index contributed by atoms with van der Waals surface area (Å²) in [5.41, 5.74) is 0.448. The van der Waals surface area contributed by atoms with Crippen molar-refractivity contribution < 1.29 is 9.90 Å². The lowest BCUT2D eigenvalue weighted by molar-refractivity contribution is -0.139. The zero-order valence-electron chi connectivity index (χ0n) is 10.0. The lowest BCUT2D eigenvalue weighted by Gasteiger charge is -2.35. The Kier molecular flexibility index (Phi) is 4.14. The summed E-state index contributed by atoms with van der Waals surface area (Å²) in [7, 11) is 0. The first-order chi connectivity index (χ1) is 6.94. The Labute approximate surface area is 92.3 Å². The normalized spacial score (nSPS) is 23.7. The summed E-state index contributed by atoms with van der Waals surface area (Å²) in [6.45, 7) is 6.49. The molecule has 0 heterocycles. The second-order valence-corrected chi connectivity index (χ2v) is 5.40. The summed E-state index contributed by atoms with van der Waals surface area (Å²) < 4.78 is 0. The SMILES string of the molecule is CCC(NC1CCC(C)(C)CC1)C(=O)O. The van der Waals surface area contributed by atoms with Crippen molar-refractivity contribution in [3.8, 4) is 0 Å². The van der Waals surface area contributed by atoms with Crippen molar-refractivity contribution >= 4 is 5.97 Å². The van der Waals surface area contributed by atoms with Gasteiger partial charge in [0.25, 0.3) is 0 Å². The standard InChI is InChI=1S/C12H23NO2/c1-4-10(11(14)15)13-9-5-7-12(2,3)8-6-9/h9-10,13H,4-8H2,1-3H3,(H,14,15). The van der Waals surface area contributed by atoms with Crippen molar-refractivity contribution in [1.29, 1.82) is 0 Å². The van der Waals surface area contributed by atoms with Crippen LogP contribution in [0, 0.1) is 5.41 Å². The third kappa shape index (κ3) is 3.82. The van der Waals surface area contributed by atoms with Gasteiger partial charge in [-0.05, 0) is 37.5 Å². The van der Waals surface area contributed by atoms with Gasteiger partial charge in [-0.1, -0.05) is 20.8 Å². The molecule has 0 aliphatic heterocycles. The van der Waals surface area contributed by atoms with Crippen LogP contribution in [-0.2, 0) is 4.79 Å². The van der Waals surface area contributed by atoms with Crippen LogP contribution in [0.4, 0.5) is 0 Å². The predicted octanol–water partition coefficient (Wildman–Crippen LogP) is 2.41. The van der Waals surface area contributed by atoms with E-state index in [1.807, 2.05) is 6.92 Å². The Hall–Kier alpha value is -0.570. The summed E-state index contributed by atoms with van der Waals surface area (Å²) in [4.78, 5) is 10.9. The van der Waals surface area contributed by atoms with Crippen LogP contribution < -0.4 is 5.32 Å². The van der Waals surface area contributed by atoms with Gasteiger partial charge in [0.15, 0.2) is 0 Å². The molecule has 1 aliphatic rings. The lowest BCUT2D eigenvalue weighted by atomic mass is 9.75. The summed E-state index contributed by atoms with van der Waals surface area (Å²) in [5.74, 6) is -0.720. The second-order valence-electron chi connectivity index (χ2n) is 5.40. The second kappa shape index (κ2) is 4.97. The molecular formula is C12H23NO2. The maximum absolute atomic E-state index is 10.9. The number of carboxylic acids is 1. The van der Waals surface area contributed by atoms with E-state index in [0.717, 1.165) is 12.8 Å². The first-order valence-electron chi connectivity index (χ1n) is 5.93. The Bertz CT molecular complexity index is 216. The highest BCUT2D eigenvalue weighted by molar-refractivity contribution is 5.73. The molecule has 0 aromatic rings. The summed E-state index contributed by atoms with van der Waals surface area (Å²) in [5, 5.41) is 12.2. The Morgan fingerprint density at radius 2 is 2.00 bits per heavy atom. The highest BCUT2D eigenvalue weighted by atomic mass is 16.4. The number of aliphatic carboxylic acids is 1. The van der Waals surface area contributed by atoms with Gasteiger partial charge in [0, 0.05) is 6.04 Å². The minimum Gasteiger partial charge on any atom is -0.480 e. The van der Waals surface area contributed by atoms with Gasteiger partial charge < -0.3 is 10.4 Å². The van der Waals surface area contributed by atoms with E-state index in [1.54, 1.807) is 0 Å². The highest BCUT2D eigenvalue weighted by Crippen LogP contribution is 2.35. The van der Waals surface area contributed by atoms with E-state index in [2.05, 4.69) is 19.2 Å². The smallest absolute Gasteiger partial charge is 0.320 e. The molecular weight excluding hydrogens is 190 g/mol. The van der Waals surface area contributed by atoms with E-state index in [0.29, 0.717) is 17.9 Å². The van der Waals surface area contributed by atoms with Gasteiger partial charge in [0.1, 0.15) is 6.04 Å². The third-order valence-electron chi connectivity index (χ3n) is 3.48. The molecule has 0 aromatic heterocycles. The fraction of sp³-hybridized carbons (Fsp3) is 0.917. The maximum atomic E-state index is 10.9. The minimum absolute atomic E-state index is 0.365. The maximum Gasteiger partial charge on any atom is 0.320 e. The predicted molar refractivity (Wildman–Crippen MR) is 60.9 cm³/mol. The zero-order valence-corrected chi connectivity index (χ0v) is 10.0. The van der Waals surface area contributed by atoms with Crippen molar-refractivity contribution in [2.45, 2.75) is 65.0 Å². The average molecular weight is 213 g/mol. The molecule has 0 aromatic carbocycles. The molecule has 0 amide bonds. The third-order valence-corrected chi connectivity index (χ3v) is 3.48. The number of nitrogens with one attached hydrogen (secondary N) is 1. The molecule has 0 radical (unpaired) electrons. The van der Waals surface area contributed by atoms with Gasteiger partial charge in [0.2, 0.25) is 0 Å². The molecule has 0 spiro atoms. The Morgan fingerprint density at radius 1 is 1.47 bits per heavy atom. The average Bonchev–Trinajstić information content (AvgIpc) is 2.15. The van der Waals surface area contributed by atoms with E-state index in [-0.39, 0.29) is 6.04 Å². The van der Waals surface area contributed by atoms with E-state index in [4.69, 9.17) is 5.11 Å². The Morgan fingerprint density at radius 3 is 2.40 bits per heavy atom. The first kappa shape index (κ1) is 12.5. The minimum atomic E-state index is -0.720. The van der Waals surface area contributed by atoms with Crippen molar-refractivity contribution in [2.24, 2.45) is 5.41 Å². The zero-order chi connectivity index (χ0) is 11.5. The topological polar surface area (TPSA) is 49.3 Å². The molecule has 0 bridgehead atoms. The van der Waals surface area contributed by atoms with E-state index < -0.39 is 5.97 Å². The van der Waals surface area contributed by atoms with Crippen LogP contribution >= 0.6 is 0 Å². The van der Waals surface area contributed by atoms with E-state index in [1.165, 1.54) is 12.8 Å². The molecule has 3 nitrogen and oxygen atoms in total. The molecule has 1 atom stereocenters. The largest absolute Gasteiger partial charge is 0.480 e. The van der Waals surface area contributed by atoms with Crippen LogP contribution in [0.1, 0.15) is 52.9 Å². The number of hydrogen-bond donors (Lipinski definition) is 2. The molecule has 1 unspecified atom stereocenters. The number of rotatable bonds is 4. The number of carboxylic acid groups (broad SMARTS) is 1. The number of carbonyl (C=O) groups is 1. The quantitative estimate of drug-likeness (QED) is 0.754. The first-order valence-corrected chi connectivity index (χ1v) is 5.93. The fourth-order valence-corrected chi connectivity index (χ4v) is 2.21. The van der Waals surface area contributed by atoms with Gasteiger partial charge in [0.05, 0.1) is 0 Å². The van der Waals surface area contributed by atoms with Crippen LogP contribution in [0.3, 0.4) is 0 Å². The molecule has 15 heavy (non-hydrogen) atoms. The van der Waals surface area contributed by atoms with Gasteiger partial charge in [-0.3, -0.25) is 4.79 Å². The molecule has 3 heteroatoms. The Balaban J connectivity index is 2.38. The van der Waals surface area contributed by atoms with Crippen LogP contribution in [0.2, 0.25) is 0 Å². The monoisotopic (exact) mass is 213 g/mol. The van der Waals surface area contributed by atoms with Gasteiger partial charge >= 0.3 is 5.97 Å². The van der Waals surface area contributed by atoms with Crippen molar-refractivity contribution in [3.63, 3.8) is 0 Å². The van der Waals surface area contributed by atoms with E-state index >= 15 is 0 Å². The summed E-state index contributed by atoms with van der Waals surface area (Å²) >= 11 is 0. The van der Waals surface area contributed by atoms with E-state index in [9.17, 15) is 4.79 Å². The van der Waals surface area contributed by atoms with Crippen molar-refractivity contribution in [3.05, 3.63) is 0 Å². The highest BCUT2D eigenvalue weighted by Gasteiger charge is 2.28. The molecule has 88 valence electrons. The van der Waals surface area contributed by atoms with Crippen LogP contribution in [-0.4, -0.2) is 23.2 Å². The van der Waals surface area contributed by atoms with Crippen LogP contribution in [0.5, 0.6) is 0 Å². The van der Waals surface area contributed by atoms with Crippen molar-refractivity contribution in [2.75, 3.05) is 0 Å². The van der Waals surface area contributed by atoms with Crippen LogP contribution in [0.25, 0.3) is 0 Å². The van der Waals surface area contributed by atoms with Crippen LogP contribution in [0.15, 0.2) is 0 Å². The van der Waals surface area contributed by atoms with Crippen molar-refractivity contribution in [1.82, 2.24) is 5.32 Å². The molecule has 1 fully saturated rings. The summed E-state index contributed by atoms with van der Waals surface area (Å²) in [6, 6.07) is 0.0373. The van der Waals surface area contributed by atoms with Gasteiger partial charge in [-0.2, -0.15) is 0 Å². The molecule has 1 rings (SSSR count). The van der Waals surface area contributed by atoms with Gasteiger partial charge in [-0.15, -0.1) is 0 Å². The lowest BCUT2D eigenvalue weighted by Crippen LogP contribution is -2.45. The summed E-state index contributed by atoms with van der Waals surface area (Å²) in [6.07, 6.45) is 5.27. The van der Waals surface area contributed by atoms with Gasteiger partial charge in [-0.25, -0.2) is 0 Å². The fourth-order valence-electron chi connectivity index (χ4n) is 2.21. The number of hydrogen-bond acceptors (Lipinski definition) is 2. The molecule has 1 aliphatic carbocycles.